The molecule has 2 heterocycles. The molecule has 1 aromatic rings. The van der Waals surface area contributed by atoms with E-state index in [1.165, 1.54) is 5.56 Å². The Morgan fingerprint density at radius 3 is 3.11 bits per heavy atom. The second kappa shape index (κ2) is 6.52. The summed E-state index contributed by atoms with van der Waals surface area (Å²) in [5.74, 6) is 1.20. The quantitative estimate of drug-likeness (QED) is 0.852. The number of hydrogen-bond acceptors (Lipinski definition) is 4. The molecule has 104 valence electrons. The van der Waals surface area contributed by atoms with Crippen LogP contribution in [0.15, 0.2) is 18.3 Å². The van der Waals surface area contributed by atoms with Crippen LogP contribution < -0.4 is 10.6 Å². The molecule has 1 amide bonds. The predicted octanol–water partition coefficient (Wildman–Crippen LogP) is 1.08. The maximum Gasteiger partial charge on any atom is 0.224 e. The van der Waals surface area contributed by atoms with Gasteiger partial charge in [0.05, 0.1) is 5.92 Å². The normalized spacial score (nSPS) is 20.0. The molecule has 1 atom stereocenters. The van der Waals surface area contributed by atoms with Gasteiger partial charge in [0.2, 0.25) is 5.91 Å². The SMILES string of the molecule is CNC(=O)C1CCCN(Cc2cccnc2NC)C1. The van der Waals surface area contributed by atoms with E-state index in [4.69, 9.17) is 0 Å². The summed E-state index contributed by atoms with van der Waals surface area (Å²) >= 11 is 0. The zero-order chi connectivity index (χ0) is 13.7. The number of aromatic nitrogens is 1. The van der Waals surface area contributed by atoms with Crippen LogP contribution in [0.1, 0.15) is 18.4 Å². The standard InChI is InChI=1S/C14H22N4O/c1-15-13-11(5-3-7-17-13)9-18-8-4-6-12(10-18)14(19)16-2/h3,5,7,12H,4,6,8-10H2,1-2H3,(H,15,17)(H,16,19). The topological polar surface area (TPSA) is 57.3 Å². The Labute approximate surface area is 114 Å². The Bertz CT molecular complexity index is 435. The minimum absolute atomic E-state index is 0.119. The first-order valence-corrected chi connectivity index (χ1v) is 6.80. The van der Waals surface area contributed by atoms with Crippen molar-refractivity contribution >= 4 is 11.7 Å². The summed E-state index contributed by atoms with van der Waals surface area (Å²) in [6.07, 6.45) is 3.86. The Balaban J connectivity index is 2.00. The minimum atomic E-state index is 0.119. The molecule has 0 spiro atoms. The van der Waals surface area contributed by atoms with E-state index in [-0.39, 0.29) is 11.8 Å². The van der Waals surface area contributed by atoms with Gasteiger partial charge in [0.1, 0.15) is 5.82 Å². The predicted molar refractivity (Wildman–Crippen MR) is 75.9 cm³/mol. The largest absolute Gasteiger partial charge is 0.373 e. The van der Waals surface area contributed by atoms with Crippen molar-refractivity contribution in [2.24, 2.45) is 5.92 Å². The number of pyridine rings is 1. The van der Waals surface area contributed by atoms with Gasteiger partial charge in [-0.2, -0.15) is 0 Å². The third kappa shape index (κ3) is 3.44. The van der Waals surface area contributed by atoms with Gasteiger partial charge in [-0.15, -0.1) is 0 Å². The summed E-state index contributed by atoms with van der Waals surface area (Å²) in [5, 5.41) is 5.86. The first kappa shape index (κ1) is 13.8. The van der Waals surface area contributed by atoms with Gasteiger partial charge in [0, 0.05) is 38.9 Å². The fraction of sp³-hybridized carbons (Fsp3) is 0.571. The monoisotopic (exact) mass is 262 g/mol. The molecule has 1 fully saturated rings. The van der Waals surface area contributed by atoms with E-state index >= 15 is 0 Å². The number of rotatable bonds is 4. The minimum Gasteiger partial charge on any atom is -0.373 e. The van der Waals surface area contributed by atoms with E-state index in [9.17, 15) is 4.79 Å². The van der Waals surface area contributed by atoms with Gasteiger partial charge in [0.15, 0.2) is 0 Å². The van der Waals surface area contributed by atoms with Crippen molar-refractivity contribution in [3.8, 4) is 0 Å². The van der Waals surface area contributed by atoms with Crippen molar-refractivity contribution in [2.75, 3.05) is 32.5 Å². The molecule has 2 rings (SSSR count). The molecule has 0 aliphatic carbocycles. The van der Waals surface area contributed by atoms with Crippen molar-refractivity contribution in [1.82, 2.24) is 15.2 Å². The maximum absolute atomic E-state index is 11.7. The van der Waals surface area contributed by atoms with Crippen molar-refractivity contribution < 1.29 is 4.79 Å². The van der Waals surface area contributed by atoms with Gasteiger partial charge < -0.3 is 10.6 Å². The molecule has 2 N–H and O–H groups in total. The van der Waals surface area contributed by atoms with Gasteiger partial charge in [-0.3, -0.25) is 9.69 Å². The van der Waals surface area contributed by atoms with E-state index in [1.54, 1.807) is 13.2 Å². The zero-order valence-electron chi connectivity index (χ0n) is 11.6. The highest BCUT2D eigenvalue weighted by Crippen LogP contribution is 2.20. The molecule has 1 aliphatic rings. The van der Waals surface area contributed by atoms with Crippen molar-refractivity contribution in [3.63, 3.8) is 0 Å². The molecule has 5 nitrogen and oxygen atoms in total. The summed E-state index contributed by atoms with van der Waals surface area (Å²) in [6.45, 7) is 2.72. The average Bonchev–Trinajstić information content (AvgIpc) is 2.47. The number of anilines is 1. The fourth-order valence-electron chi connectivity index (χ4n) is 2.65. The molecule has 0 bridgehead atoms. The molecule has 0 aromatic carbocycles. The number of carbonyl (C=O) groups is 1. The zero-order valence-corrected chi connectivity index (χ0v) is 11.6. The molecule has 1 saturated heterocycles. The molecular weight excluding hydrogens is 240 g/mol. The molecule has 5 heteroatoms. The molecule has 1 aliphatic heterocycles. The number of likely N-dealkylation sites (tertiary alicyclic amines) is 1. The van der Waals surface area contributed by atoms with E-state index in [0.29, 0.717) is 0 Å². The molecule has 0 radical (unpaired) electrons. The first-order chi connectivity index (χ1) is 9.24. The van der Waals surface area contributed by atoms with E-state index in [1.807, 2.05) is 13.1 Å². The number of piperidine rings is 1. The number of amides is 1. The van der Waals surface area contributed by atoms with E-state index in [2.05, 4.69) is 26.6 Å². The van der Waals surface area contributed by atoms with Crippen LogP contribution in [0.25, 0.3) is 0 Å². The maximum atomic E-state index is 11.7. The molecule has 0 saturated carbocycles. The number of hydrogen-bond donors (Lipinski definition) is 2. The van der Waals surface area contributed by atoms with Crippen LogP contribution >= 0.6 is 0 Å². The average molecular weight is 262 g/mol. The van der Waals surface area contributed by atoms with Crippen LogP contribution in [-0.4, -0.2) is 43.0 Å². The highest BCUT2D eigenvalue weighted by molar-refractivity contribution is 5.78. The lowest BCUT2D eigenvalue weighted by Crippen LogP contribution is -2.41. The molecular formula is C14H22N4O. The van der Waals surface area contributed by atoms with Gasteiger partial charge in [-0.25, -0.2) is 4.98 Å². The summed E-state index contributed by atoms with van der Waals surface area (Å²) in [4.78, 5) is 18.4. The van der Waals surface area contributed by atoms with E-state index in [0.717, 1.165) is 38.3 Å². The van der Waals surface area contributed by atoms with Gasteiger partial charge in [0.25, 0.3) is 0 Å². The third-order valence-corrected chi connectivity index (χ3v) is 3.64. The number of nitrogens with zero attached hydrogens (tertiary/aromatic N) is 2. The van der Waals surface area contributed by atoms with Crippen LogP contribution in [0.4, 0.5) is 5.82 Å². The lowest BCUT2D eigenvalue weighted by Gasteiger charge is -2.32. The molecule has 1 aromatic heterocycles. The first-order valence-electron chi connectivity index (χ1n) is 6.80. The van der Waals surface area contributed by atoms with Crippen LogP contribution in [0.3, 0.4) is 0 Å². The van der Waals surface area contributed by atoms with Crippen LogP contribution in [0.5, 0.6) is 0 Å². The lowest BCUT2D eigenvalue weighted by molar-refractivity contribution is -0.126. The van der Waals surface area contributed by atoms with Crippen molar-refractivity contribution in [1.29, 1.82) is 0 Å². The molecule has 1 unspecified atom stereocenters. The van der Waals surface area contributed by atoms with E-state index < -0.39 is 0 Å². The van der Waals surface area contributed by atoms with Gasteiger partial charge in [-0.1, -0.05) is 6.07 Å². The second-order valence-corrected chi connectivity index (χ2v) is 4.95. The highest BCUT2D eigenvalue weighted by atomic mass is 16.1. The van der Waals surface area contributed by atoms with Gasteiger partial charge >= 0.3 is 0 Å². The number of nitrogens with one attached hydrogen (secondary N) is 2. The second-order valence-electron chi connectivity index (χ2n) is 4.95. The highest BCUT2D eigenvalue weighted by Gasteiger charge is 2.25. The Kier molecular flexibility index (Phi) is 4.74. The van der Waals surface area contributed by atoms with Crippen LogP contribution in [-0.2, 0) is 11.3 Å². The Hall–Kier alpha value is -1.62. The van der Waals surface area contributed by atoms with Gasteiger partial charge in [-0.05, 0) is 25.5 Å². The lowest BCUT2D eigenvalue weighted by atomic mass is 9.97. The fourth-order valence-corrected chi connectivity index (χ4v) is 2.65. The van der Waals surface area contributed by atoms with Crippen molar-refractivity contribution in [2.45, 2.75) is 19.4 Å². The molecule has 19 heavy (non-hydrogen) atoms. The Morgan fingerprint density at radius 2 is 2.37 bits per heavy atom. The summed E-state index contributed by atoms with van der Waals surface area (Å²) < 4.78 is 0. The summed E-state index contributed by atoms with van der Waals surface area (Å²) in [6, 6.07) is 4.04. The van der Waals surface area contributed by atoms with Crippen molar-refractivity contribution in [3.05, 3.63) is 23.9 Å². The summed E-state index contributed by atoms with van der Waals surface area (Å²) in [5.41, 5.74) is 1.18. The number of carbonyl (C=O) groups excluding carboxylic acids is 1. The Morgan fingerprint density at radius 1 is 1.53 bits per heavy atom. The van der Waals surface area contributed by atoms with Crippen LogP contribution in [0.2, 0.25) is 0 Å². The third-order valence-electron chi connectivity index (χ3n) is 3.64. The smallest absolute Gasteiger partial charge is 0.224 e. The summed E-state index contributed by atoms with van der Waals surface area (Å²) in [7, 11) is 3.59. The van der Waals surface area contributed by atoms with Crippen LogP contribution in [0, 0.1) is 5.92 Å².